The van der Waals surface area contributed by atoms with Gasteiger partial charge in [-0.25, -0.2) is 9.97 Å². The van der Waals surface area contributed by atoms with Crippen LogP contribution in [0.4, 0.5) is 5.69 Å². The molecular formula is C24H22Cl2N4O2S. The average molecular weight is 501 g/mol. The Morgan fingerprint density at radius 2 is 1.97 bits per heavy atom. The molecule has 0 saturated carbocycles. The summed E-state index contributed by atoms with van der Waals surface area (Å²) in [4.78, 5) is 38.0. The maximum Gasteiger partial charge on any atom is 0.254 e. The van der Waals surface area contributed by atoms with Crippen molar-refractivity contribution in [2.75, 3.05) is 30.3 Å². The second kappa shape index (κ2) is 10.5. The van der Waals surface area contributed by atoms with Crippen LogP contribution in [-0.2, 0) is 0 Å². The Morgan fingerprint density at radius 1 is 1.12 bits per heavy atom. The largest absolute Gasteiger partial charge is 0.365 e. The standard InChI is InChI=1S/C24H22Cl2N4O2S/c1-16-13-29(9-10-30(16)19-4-2-3-18(25)12-19)24(32)17-5-6-23(20(26)11-17)33-14-22(31)21-7-8-27-15-28-21/h2-8,11-12,15-16H,9-10,13-14H2,1H3/t16-/m0/s1. The highest BCUT2D eigenvalue weighted by molar-refractivity contribution is 8.00. The summed E-state index contributed by atoms with van der Waals surface area (Å²) < 4.78 is 0. The smallest absolute Gasteiger partial charge is 0.254 e. The van der Waals surface area contributed by atoms with E-state index in [0.717, 1.165) is 17.1 Å². The van der Waals surface area contributed by atoms with Gasteiger partial charge in [-0.2, -0.15) is 0 Å². The van der Waals surface area contributed by atoms with Gasteiger partial charge in [0.05, 0.1) is 10.8 Å². The fourth-order valence-corrected chi connectivity index (χ4v) is 5.11. The highest BCUT2D eigenvalue weighted by Gasteiger charge is 2.28. The lowest BCUT2D eigenvalue weighted by molar-refractivity contribution is 0.0726. The number of Topliss-reactive ketones (excluding diaryl/α,β-unsaturated/α-hetero) is 1. The van der Waals surface area contributed by atoms with E-state index in [0.29, 0.717) is 34.4 Å². The zero-order valence-corrected chi connectivity index (χ0v) is 20.3. The number of benzene rings is 2. The topological polar surface area (TPSA) is 66.4 Å². The van der Waals surface area contributed by atoms with Crippen molar-refractivity contribution in [2.24, 2.45) is 0 Å². The molecule has 1 aliphatic heterocycles. The van der Waals surface area contributed by atoms with Crippen LogP contribution < -0.4 is 4.90 Å². The number of amides is 1. The van der Waals surface area contributed by atoms with Crippen LogP contribution in [0.15, 0.2) is 66.0 Å². The van der Waals surface area contributed by atoms with Crippen LogP contribution >= 0.6 is 35.0 Å². The van der Waals surface area contributed by atoms with E-state index in [4.69, 9.17) is 23.2 Å². The number of nitrogens with zero attached hydrogens (tertiary/aromatic N) is 4. The van der Waals surface area contributed by atoms with Crippen molar-refractivity contribution in [3.05, 3.63) is 82.4 Å². The fourth-order valence-electron chi connectivity index (χ4n) is 3.79. The number of halogens is 2. The van der Waals surface area contributed by atoms with Crippen LogP contribution in [0.2, 0.25) is 10.0 Å². The lowest BCUT2D eigenvalue weighted by Gasteiger charge is -2.41. The molecule has 0 radical (unpaired) electrons. The summed E-state index contributed by atoms with van der Waals surface area (Å²) in [7, 11) is 0. The van der Waals surface area contributed by atoms with Gasteiger partial charge in [-0.15, -0.1) is 11.8 Å². The molecule has 2 aromatic carbocycles. The quantitative estimate of drug-likeness (QED) is 0.346. The van der Waals surface area contributed by atoms with Gasteiger partial charge in [0.2, 0.25) is 0 Å². The fraction of sp³-hybridized carbons (Fsp3) is 0.250. The van der Waals surface area contributed by atoms with E-state index < -0.39 is 0 Å². The Morgan fingerprint density at radius 3 is 2.67 bits per heavy atom. The average Bonchev–Trinajstić information content (AvgIpc) is 2.83. The lowest BCUT2D eigenvalue weighted by Crippen LogP contribution is -2.53. The molecule has 1 saturated heterocycles. The van der Waals surface area contributed by atoms with E-state index in [1.807, 2.05) is 29.2 Å². The van der Waals surface area contributed by atoms with Gasteiger partial charge in [0.25, 0.3) is 5.91 Å². The minimum atomic E-state index is -0.106. The highest BCUT2D eigenvalue weighted by Crippen LogP contribution is 2.30. The molecule has 9 heteroatoms. The SMILES string of the molecule is C[C@H]1CN(C(=O)c2ccc(SCC(=O)c3ccncn3)c(Cl)c2)CCN1c1cccc(Cl)c1. The van der Waals surface area contributed by atoms with E-state index in [1.54, 1.807) is 24.3 Å². The number of ketones is 1. The van der Waals surface area contributed by atoms with Gasteiger partial charge >= 0.3 is 0 Å². The number of piperazine rings is 1. The van der Waals surface area contributed by atoms with Gasteiger partial charge < -0.3 is 9.80 Å². The summed E-state index contributed by atoms with van der Waals surface area (Å²) in [6, 6.07) is 14.7. The van der Waals surface area contributed by atoms with Gasteiger partial charge in [-0.1, -0.05) is 29.3 Å². The number of hydrogen-bond acceptors (Lipinski definition) is 6. The Bertz CT molecular complexity index is 1160. The Labute approximate surface area is 206 Å². The second-order valence-electron chi connectivity index (χ2n) is 7.73. The van der Waals surface area contributed by atoms with Gasteiger partial charge in [-0.05, 0) is 49.4 Å². The van der Waals surface area contributed by atoms with Crippen molar-refractivity contribution in [1.29, 1.82) is 0 Å². The molecule has 170 valence electrons. The van der Waals surface area contributed by atoms with E-state index in [1.165, 1.54) is 24.3 Å². The summed E-state index contributed by atoms with van der Waals surface area (Å²) in [5.74, 6) is 0.0424. The van der Waals surface area contributed by atoms with E-state index in [-0.39, 0.29) is 23.5 Å². The first-order valence-corrected chi connectivity index (χ1v) is 12.2. The zero-order chi connectivity index (χ0) is 23.4. The Hall–Kier alpha value is -2.61. The minimum absolute atomic E-state index is 0.0527. The molecule has 1 atom stereocenters. The molecular weight excluding hydrogens is 479 g/mol. The molecule has 0 unspecified atom stereocenters. The predicted octanol–water partition coefficient (Wildman–Crippen LogP) is 5.11. The molecule has 1 amide bonds. The Kier molecular flexibility index (Phi) is 7.53. The molecule has 0 bridgehead atoms. The summed E-state index contributed by atoms with van der Waals surface area (Å²) in [6.45, 7) is 4.03. The molecule has 0 N–H and O–H groups in total. The lowest BCUT2D eigenvalue weighted by atomic mass is 10.1. The molecule has 6 nitrogen and oxygen atoms in total. The first kappa shape index (κ1) is 23.5. The summed E-state index contributed by atoms with van der Waals surface area (Å²) in [5.41, 5.74) is 1.96. The first-order valence-electron chi connectivity index (χ1n) is 10.5. The van der Waals surface area contributed by atoms with Gasteiger partial charge in [0.15, 0.2) is 5.78 Å². The number of carbonyl (C=O) groups is 2. The molecule has 1 aromatic heterocycles. The summed E-state index contributed by atoms with van der Waals surface area (Å²) in [5, 5.41) is 1.15. The van der Waals surface area contributed by atoms with Crippen molar-refractivity contribution in [3.63, 3.8) is 0 Å². The van der Waals surface area contributed by atoms with Crippen molar-refractivity contribution in [3.8, 4) is 0 Å². The maximum atomic E-state index is 13.1. The van der Waals surface area contributed by atoms with Crippen LogP contribution in [0, 0.1) is 0 Å². The Balaban J connectivity index is 1.38. The van der Waals surface area contributed by atoms with E-state index >= 15 is 0 Å². The number of aromatic nitrogens is 2. The molecule has 3 aromatic rings. The second-order valence-corrected chi connectivity index (χ2v) is 9.59. The van der Waals surface area contributed by atoms with Crippen molar-refractivity contribution in [2.45, 2.75) is 17.9 Å². The van der Waals surface area contributed by atoms with Gasteiger partial charge in [-0.3, -0.25) is 9.59 Å². The molecule has 33 heavy (non-hydrogen) atoms. The number of rotatable bonds is 6. The van der Waals surface area contributed by atoms with Gasteiger partial charge in [0.1, 0.15) is 12.0 Å². The van der Waals surface area contributed by atoms with Crippen LogP contribution in [0.25, 0.3) is 0 Å². The molecule has 0 aliphatic carbocycles. The number of carbonyl (C=O) groups excluding carboxylic acids is 2. The van der Waals surface area contributed by atoms with Crippen molar-refractivity contribution < 1.29 is 9.59 Å². The van der Waals surface area contributed by atoms with Crippen LogP contribution in [0.5, 0.6) is 0 Å². The van der Waals surface area contributed by atoms with Crippen LogP contribution in [0.3, 0.4) is 0 Å². The minimum Gasteiger partial charge on any atom is -0.365 e. The van der Waals surface area contributed by atoms with Crippen LogP contribution in [0.1, 0.15) is 27.8 Å². The molecule has 2 heterocycles. The third-order valence-electron chi connectivity index (χ3n) is 5.46. The molecule has 4 rings (SSSR count). The third-order valence-corrected chi connectivity index (χ3v) is 7.19. The van der Waals surface area contributed by atoms with E-state index in [9.17, 15) is 9.59 Å². The zero-order valence-electron chi connectivity index (χ0n) is 17.9. The maximum absolute atomic E-state index is 13.1. The monoisotopic (exact) mass is 500 g/mol. The molecule has 1 aliphatic rings. The summed E-state index contributed by atoms with van der Waals surface area (Å²) >= 11 is 13.9. The normalized spacial score (nSPS) is 16.0. The number of anilines is 1. The predicted molar refractivity (Wildman–Crippen MR) is 133 cm³/mol. The van der Waals surface area contributed by atoms with Gasteiger partial charge in [0, 0.05) is 53.0 Å². The summed E-state index contributed by atoms with van der Waals surface area (Å²) in [6.07, 6.45) is 2.88. The highest BCUT2D eigenvalue weighted by atomic mass is 35.5. The third kappa shape index (κ3) is 5.66. The number of hydrogen-bond donors (Lipinski definition) is 0. The van der Waals surface area contributed by atoms with Crippen molar-refractivity contribution in [1.82, 2.24) is 14.9 Å². The number of thioether (sulfide) groups is 1. The first-order chi connectivity index (χ1) is 15.9. The molecule has 0 spiro atoms. The van der Waals surface area contributed by atoms with Crippen molar-refractivity contribution >= 4 is 52.3 Å². The molecule has 1 fully saturated rings. The van der Waals surface area contributed by atoms with E-state index in [2.05, 4.69) is 21.8 Å². The van der Waals surface area contributed by atoms with Crippen LogP contribution in [-0.4, -0.2) is 58.0 Å².